The van der Waals surface area contributed by atoms with Crippen LogP contribution >= 0.6 is 11.6 Å². The maximum atomic E-state index is 12.9. The zero-order valence-corrected chi connectivity index (χ0v) is 13.8. The van der Waals surface area contributed by atoms with Crippen LogP contribution in [0.1, 0.15) is 12.6 Å². The summed E-state index contributed by atoms with van der Waals surface area (Å²) in [5.74, 6) is -1.53. The van der Waals surface area contributed by atoms with E-state index in [1.165, 1.54) is 0 Å². The predicted molar refractivity (Wildman–Crippen MR) is 80.8 cm³/mol. The average molecular weight is 394 g/mol. The van der Waals surface area contributed by atoms with Gasteiger partial charge in [-0.25, -0.2) is 0 Å². The molecule has 0 fully saturated rings. The van der Waals surface area contributed by atoms with Crippen LogP contribution in [0, 0.1) is 10.1 Å². The Hall–Kier alpha value is -3.02. The second kappa shape index (κ2) is 7.07. The number of halogens is 4. The van der Waals surface area contributed by atoms with E-state index in [0.29, 0.717) is 4.68 Å². The second-order valence-corrected chi connectivity index (χ2v) is 5.17. The number of nitro benzene ring substituents is 1. The van der Waals surface area contributed by atoms with Gasteiger partial charge in [0.15, 0.2) is 5.69 Å². The van der Waals surface area contributed by atoms with Crippen LogP contribution in [0.3, 0.4) is 0 Å². The number of benzene rings is 1. The summed E-state index contributed by atoms with van der Waals surface area (Å²) in [5.41, 5.74) is -1.73. The molecule has 0 atom stereocenters. The highest BCUT2D eigenvalue weighted by Gasteiger charge is 2.39. The fourth-order valence-electron chi connectivity index (χ4n) is 1.93. The molecule has 2 aromatic rings. The van der Waals surface area contributed by atoms with Gasteiger partial charge in [0.05, 0.1) is 4.92 Å². The molecule has 26 heavy (non-hydrogen) atoms. The van der Waals surface area contributed by atoms with Gasteiger partial charge in [-0.15, -0.1) is 10.3 Å². The first-order chi connectivity index (χ1) is 12.0. The molecule has 1 aromatic heterocycles. The molecule has 9 nitrogen and oxygen atoms in total. The van der Waals surface area contributed by atoms with Gasteiger partial charge < -0.3 is 9.47 Å². The molecular weight excluding hydrogens is 385 g/mol. The van der Waals surface area contributed by atoms with E-state index in [9.17, 15) is 28.5 Å². The first-order valence-corrected chi connectivity index (χ1v) is 7.03. The molecule has 1 heterocycles. The zero-order valence-electron chi connectivity index (χ0n) is 13.1. The van der Waals surface area contributed by atoms with Crippen molar-refractivity contribution in [3.05, 3.63) is 39.0 Å². The Bertz CT molecular complexity index is 881. The number of ether oxygens (including phenoxy) is 2. The highest BCUT2D eigenvalue weighted by molar-refractivity contribution is 6.32. The van der Waals surface area contributed by atoms with Crippen LogP contribution in [0.5, 0.6) is 17.4 Å². The minimum Gasteiger partial charge on any atom is -0.436 e. The van der Waals surface area contributed by atoms with Crippen LogP contribution < -0.4 is 9.47 Å². The Morgan fingerprint density at radius 3 is 2.58 bits per heavy atom. The lowest BCUT2D eigenvalue weighted by Crippen LogP contribution is -2.12. The van der Waals surface area contributed by atoms with E-state index in [2.05, 4.69) is 10.3 Å². The van der Waals surface area contributed by atoms with Gasteiger partial charge in [-0.3, -0.25) is 14.8 Å². The SMILES string of the molecule is CC(=N[O])Oc1cc(Oc2nn(C)c(C(F)(F)F)c2Cl)ccc1[N+](=O)[O-]. The molecule has 0 saturated carbocycles. The molecule has 1 aromatic carbocycles. The van der Waals surface area contributed by atoms with Crippen molar-refractivity contribution in [3.63, 3.8) is 0 Å². The number of alkyl halides is 3. The highest BCUT2D eigenvalue weighted by atomic mass is 35.5. The van der Waals surface area contributed by atoms with E-state index >= 15 is 0 Å². The molecular formula is C13H9ClF3N4O5. The summed E-state index contributed by atoms with van der Waals surface area (Å²) in [5, 5.41) is 26.6. The third-order valence-electron chi connectivity index (χ3n) is 2.96. The van der Waals surface area contributed by atoms with Crippen molar-refractivity contribution in [2.75, 3.05) is 0 Å². The molecule has 139 valence electrons. The molecule has 0 saturated heterocycles. The minimum atomic E-state index is -4.76. The van der Waals surface area contributed by atoms with Gasteiger partial charge in [0, 0.05) is 31.3 Å². The lowest BCUT2D eigenvalue weighted by molar-refractivity contribution is -0.385. The predicted octanol–water partition coefficient (Wildman–Crippen LogP) is 3.94. The van der Waals surface area contributed by atoms with Crippen LogP contribution in [0.2, 0.25) is 5.02 Å². The van der Waals surface area contributed by atoms with Gasteiger partial charge >= 0.3 is 11.9 Å². The Morgan fingerprint density at radius 2 is 2.08 bits per heavy atom. The molecule has 13 heteroatoms. The monoisotopic (exact) mass is 393 g/mol. The molecule has 0 amide bonds. The quantitative estimate of drug-likeness (QED) is 0.338. The summed E-state index contributed by atoms with van der Waals surface area (Å²) in [7, 11) is 1.03. The van der Waals surface area contributed by atoms with Crippen molar-refractivity contribution in [3.8, 4) is 17.4 Å². The van der Waals surface area contributed by atoms with E-state index in [1.807, 2.05) is 0 Å². The van der Waals surface area contributed by atoms with Gasteiger partial charge in [0.1, 0.15) is 10.8 Å². The van der Waals surface area contributed by atoms with Crippen LogP contribution in [0.4, 0.5) is 18.9 Å². The third kappa shape index (κ3) is 3.96. The first-order valence-electron chi connectivity index (χ1n) is 6.65. The molecule has 0 aliphatic carbocycles. The summed E-state index contributed by atoms with van der Waals surface area (Å²) < 4.78 is 49.3. The Kier molecular flexibility index (Phi) is 5.25. The number of hydrogen-bond donors (Lipinski definition) is 0. The van der Waals surface area contributed by atoms with Crippen molar-refractivity contribution in [2.45, 2.75) is 13.1 Å². The lowest BCUT2D eigenvalue weighted by Gasteiger charge is -2.08. The lowest BCUT2D eigenvalue weighted by atomic mass is 10.3. The minimum absolute atomic E-state index is 0.155. The van der Waals surface area contributed by atoms with Crippen molar-refractivity contribution in [2.24, 2.45) is 12.2 Å². The van der Waals surface area contributed by atoms with Gasteiger partial charge in [-0.2, -0.15) is 13.2 Å². The summed E-state index contributed by atoms with van der Waals surface area (Å²) >= 11 is 5.66. The molecule has 1 radical (unpaired) electrons. The molecule has 0 aliphatic rings. The number of aromatic nitrogens is 2. The Labute approximate surface area is 148 Å². The van der Waals surface area contributed by atoms with Crippen molar-refractivity contribution in [1.29, 1.82) is 0 Å². The summed E-state index contributed by atoms with van der Waals surface area (Å²) in [6.07, 6.45) is -4.76. The number of aryl methyl sites for hydroxylation is 1. The number of rotatable bonds is 4. The zero-order chi connectivity index (χ0) is 19.6. The Morgan fingerprint density at radius 1 is 1.42 bits per heavy atom. The molecule has 0 N–H and O–H groups in total. The van der Waals surface area contributed by atoms with Crippen LogP contribution in [0.25, 0.3) is 0 Å². The molecule has 0 unspecified atom stereocenters. The summed E-state index contributed by atoms with van der Waals surface area (Å²) in [4.78, 5) is 10.2. The maximum Gasteiger partial charge on any atom is 0.434 e. The van der Waals surface area contributed by atoms with E-state index in [1.54, 1.807) is 0 Å². The number of nitro groups is 1. The molecule has 0 aliphatic heterocycles. The van der Waals surface area contributed by atoms with Gasteiger partial charge in [-0.05, 0) is 6.07 Å². The van der Waals surface area contributed by atoms with Gasteiger partial charge in [-0.1, -0.05) is 11.6 Å². The van der Waals surface area contributed by atoms with E-state index < -0.39 is 45.0 Å². The van der Waals surface area contributed by atoms with Crippen molar-refractivity contribution in [1.82, 2.24) is 9.78 Å². The topological polar surface area (TPSA) is 112 Å². The van der Waals surface area contributed by atoms with E-state index in [-0.39, 0.29) is 5.75 Å². The average Bonchev–Trinajstić information content (AvgIpc) is 2.80. The third-order valence-corrected chi connectivity index (χ3v) is 3.30. The fourth-order valence-corrected chi connectivity index (χ4v) is 2.23. The molecule has 2 rings (SSSR count). The van der Waals surface area contributed by atoms with Crippen molar-refractivity contribution >= 4 is 23.2 Å². The Balaban J connectivity index is 2.42. The number of hydrogen-bond acceptors (Lipinski definition) is 6. The standard InChI is InChI=1S/C13H9ClF3N4O5/c1-6(19-22)25-9-5-7(3-4-8(9)21(23)24)26-12-10(14)11(13(15,16)17)20(2)18-12/h3-5H,1-2H3. The maximum absolute atomic E-state index is 12.9. The number of nitrogens with zero attached hydrogens (tertiary/aromatic N) is 4. The normalized spacial score (nSPS) is 12.2. The summed E-state index contributed by atoms with van der Waals surface area (Å²) in [6, 6.07) is 3.07. The van der Waals surface area contributed by atoms with E-state index in [4.69, 9.17) is 21.1 Å². The van der Waals surface area contributed by atoms with Crippen LogP contribution in [0.15, 0.2) is 23.4 Å². The highest BCUT2D eigenvalue weighted by Crippen LogP contribution is 2.41. The van der Waals surface area contributed by atoms with E-state index in [0.717, 1.165) is 32.2 Å². The summed E-state index contributed by atoms with van der Waals surface area (Å²) in [6.45, 7) is 1.16. The van der Waals surface area contributed by atoms with Gasteiger partial charge in [0.25, 0.3) is 5.88 Å². The smallest absolute Gasteiger partial charge is 0.434 e. The largest absolute Gasteiger partial charge is 0.436 e. The molecule has 0 bridgehead atoms. The van der Waals surface area contributed by atoms with Crippen LogP contribution in [-0.4, -0.2) is 20.6 Å². The second-order valence-electron chi connectivity index (χ2n) is 4.79. The molecule has 0 spiro atoms. The van der Waals surface area contributed by atoms with Gasteiger partial charge in [0.2, 0.25) is 11.6 Å². The first kappa shape index (κ1) is 19.3. The fraction of sp³-hybridized carbons (Fsp3) is 0.231. The van der Waals surface area contributed by atoms with Crippen LogP contribution in [-0.2, 0) is 18.4 Å². The van der Waals surface area contributed by atoms with Crippen molar-refractivity contribution < 1.29 is 32.8 Å².